The largest absolute Gasteiger partial charge is 0.366 e. The van der Waals surface area contributed by atoms with Crippen LogP contribution in [0.4, 0.5) is 4.39 Å². The van der Waals surface area contributed by atoms with Gasteiger partial charge in [-0.2, -0.15) is 0 Å². The first kappa shape index (κ1) is 22.0. The molecule has 0 saturated carbocycles. The van der Waals surface area contributed by atoms with Gasteiger partial charge in [-0.05, 0) is 60.6 Å². The highest BCUT2D eigenvalue weighted by Crippen LogP contribution is 2.35. The Morgan fingerprint density at radius 2 is 1.56 bits per heavy atom. The quantitative estimate of drug-likeness (QED) is 0.515. The second-order valence-electron chi connectivity index (χ2n) is 8.87. The van der Waals surface area contributed by atoms with Gasteiger partial charge in [0.05, 0.1) is 17.8 Å². The highest BCUT2D eigenvalue weighted by Gasteiger charge is 2.42. The number of carbonyl (C=O) groups excluding carboxylic acids is 2. The highest BCUT2D eigenvalue weighted by molar-refractivity contribution is 6.35. The SMILES string of the molecule is O=C1C(c2ccc(F)cc2)=C(N2CCC(Cc3ccccc3)CC2)C(=O)N1Cc1ccccn1. The molecule has 172 valence electrons. The lowest BCUT2D eigenvalue weighted by atomic mass is 9.89. The van der Waals surface area contributed by atoms with Gasteiger partial charge < -0.3 is 4.90 Å². The summed E-state index contributed by atoms with van der Waals surface area (Å²) in [6, 6.07) is 21.7. The fraction of sp³-hybridized carbons (Fsp3) is 0.250. The summed E-state index contributed by atoms with van der Waals surface area (Å²) < 4.78 is 13.6. The van der Waals surface area contributed by atoms with E-state index in [0.29, 0.717) is 41.5 Å². The van der Waals surface area contributed by atoms with Crippen molar-refractivity contribution in [2.45, 2.75) is 25.8 Å². The van der Waals surface area contributed by atoms with E-state index in [0.717, 1.165) is 19.3 Å². The van der Waals surface area contributed by atoms with Crippen LogP contribution in [0.15, 0.2) is 84.7 Å². The summed E-state index contributed by atoms with van der Waals surface area (Å²) in [4.78, 5) is 34.6. The van der Waals surface area contributed by atoms with Crippen LogP contribution in [0.5, 0.6) is 0 Å². The normalized spacial score (nSPS) is 17.1. The zero-order chi connectivity index (χ0) is 23.5. The number of amides is 2. The van der Waals surface area contributed by atoms with Crippen molar-refractivity contribution in [3.8, 4) is 0 Å². The van der Waals surface area contributed by atoms with Crippen LogP contribution >= 0.6 is 0 Å². The van der Waals surface area contributed by atoms with E-state index in [1.54, 1.807) is 30.5 Å². The summed E-state index contributed by atoms with van der Waals surface area (Å²) in [6.07, 6.45) is 4.54. The topological polar surface area (TPSA) is 53.5 Å². The molecule has 0 spiro atoms. The van der Waals surface area contributed by atoms with Crippen LogP contribution < -0.4 is 0 Å². The first-order valence-electron chi connectivity index (χ1n) is 11.7. The molecule has 0 atom stereocenters. The molecular formula is C28H26FN3O2. The number of hydrogen-bond acceptors (Lipinski definition) is 4. The monoisotopic (exact) mass is 455 g/mol. The van der Waals surface area contributed by atoms with Gasteiger partial charge in [0.25, 0.3) is 11.8 Å². The lowest BCUT2D eigenvalue weighted by Gasteiger charge is -2.34. The van der Waals surface area contributed by atoms with E-state index in [-0.39, 0.29) is 24.2 Å². The molecule has 2 aliphatic rings. The van der Waals surface area contributed by atoms with Crippen molar-refractivity contribution >= 4 is 17.4 Å². The number of piperidine rings is 1. The van der Waals surface area contributed by atoms with Gasteiger partial charge in [-0.3, -0.25) is 19.5 Å². The molecule has 34 heavy (non-hydrogen) atoms. The van der Waals surface area contributed by atoms with E-state index in [9.17, 15) is 14.0 Å². The molecule has 0 N–H and O–H groups in total. The van der Waals surface area contributed by atoms with E-state index in [2.05, 4.69) is 29.2 Å². The van der Waals surface area contributed by atoms with Gasteiger partial charge in [0, 0.05) is 19.3 Å². The summed E-state index contributed by atoms with van der Waals surface area (Å²) in [5.41, 5.74) is 3.30. The summed E-state index contributed by atoms with van der Waals surface area (Å²) in [6.45, 7) is 1.51. The number of imide groups is 1. The first-order chi connectivity index (χ1) is 16.6. The molecular weight excluding hydrogens is 429 g/mol. The van der Waals surface area contributed by atoms with Crippen molar-refractivity contribution in [3.63, 3.8) is 0 Å². The van der Waals surface area contributed by atoms with Crippen molar-refractivity contribution in [2.24, 2.45) is 5.92 Å². The molecule has 0 unspecified atom stereocenters. The number of benzene rings is 2. The molecule has 3 heterocycles. The average molecular weight is 456 g/mol. The molecule has 0 bridgehead atoms. The number of rotatable bonds is 6. The van der Waals surface area contributed by atoms with Crippen LogP contribution in [-0.4, -0.2) is 39.7 Å². The number of likely N-dealkylation sites (tertiary alicyclic amines) is 1. The van der Waals surface area contributed by atoms with E-state index in [1.807, 2.05) is 17.0 Å². The maximum atomic E-state index is 13.6. The third-order valence-electron chi connectivity index (χ3n) is 6.62. The van der Waals surface area contributed by atoms with Crippen LogP contribution in [0.1, 0.15) is 29.7 Å². The van der Waals surface area contributed by atoms with Crippen molar-refractivity contribution in [3.05, 3.63) is 107 Å². The number of nitrogens with zero attached hydrogens (tertiary/aromatic N) is 3. The van der Waals surface area contributed by atoms with Crippen LogP contribution in [0.3, 0.4) is 0 Å². The Morgan fingerprint density at radius 1 is 0.853 bits per heavy atom. The summed E-state index contributed by atoms with van der Waals surface area (Å²) in [5, 5.41) is 0. The maximum absolute atomic E-state index is 13.6. The lowest BCUT2D eigenvalue weighted by molar-refractivity contribution is -0.138. The molecule has 3 aromatic rings. The summed E-state index contributed by atoms with van der Waals surface area (Å²) in [7, 11) is 0. The van der Waals surface area contributed by atoms with Crippen LogP contribution in [0.25, 0.3) is 5.57 Å². The van der Waals surface area contributed by atoms with E-state index in [4.69, 9.17) is 0 Å². The van der Waals surface area contributed by atoms with Gasteiger partial charge in [-0.15, -0.1) is 0 Å². The Hall–Kier alpha value is -3.80. The minimum Gasteiger partial charge on any atom is -0.366 e. The van der Waals surface area contributed by atoms with E-state index in [1.165, 1.54) is 22.6 Å². The zero-order valence-electron chi connectivity index (χ0n) is 18.9. The molecule has 0 radical (unpaired) electrons. The van der Waals surface area contributed by atoms with Crippen molar-refractivity contribution in [1.82, 2.24) is 14.8 Å². The van der Waals surface area contributed by atoms with E-state index >= 15 is 0 Å². The fourth-order valence-corrected chi connectivity index (χ4v) is 4.84. The number of hydrogen-bond donors (Lipinski definition) is 0. The number of carbonyl (C=O) groups is 2. The second kappa shape index (κ2) is 9.59. The predicted octanol–water partition coefficient (Wildman–Crippen LogP) is 4.46. The molecule has 5 rings (SSSR count). The molecule has 2 aliphatic heterocycles. The van der Waals surface area contributed by atoms with Crippen LogP contribution in [0.2, 0.25) is 0 Å². The van der Waals surface area contributed by atoms with Gasteiger partial charge in [-0.1, -0.05) is 48.5 Å². The lowest BCUT2D eigenvalue weighted by Crippen LogP contribution is -2.39. The minimum atomic E-state index is -0.380. The number of halogens is 1. The van der Waals surface area contributed by atoms with Gasteiger partial charge in [0.2, 0.25) is 0 Å². The number of aromatic nitrogens is 1. The molecule has 1 aromatic heterocycles. The van der Waals surface area contributed by atoms with E-state index < -0.39 is 0 Å². The molecule has 1 fully saturated rings. The minimum absolute atomic E-state index is 0.108. The fourth-order valence-electron chi connectivity index (χ4n) is 4.84. The molecule has 2 aromatic carbocycles. The van der Waals surface area contributed by atoms with Gasteiger partial charge in [0.15, 0.2) is 0 Å². The number of pyridine rings is 1. The first-order valence-corrected chi connectivity index (χ1v) is 11.7. The van der Waals surface area contributed by atoms with Gasteiger partial charge >= 0.3 is 0 Å². The van der Waals surface area contributed by atoms with Crippen molar-refractivity contribution < 1.29 is 14.0 Å². The predicted molar refractivity (Wildman–Crippen MR) is 128 cm³/mol. The molecule has 1 saturated heterocycles. The average Bonchev–Trinajstić information content (AvgIpc) is 3.11. The maximum Gasteiger partial charge on any atom is 0.278 e. The van der Waals surface area contributed by atoms with Gasteiger partial charge in [0.1, 0.15) is 11.5 Å². The Bertz CT molecular complexity index is 1200. The third-order valence-corrected chi connectivity index (χ3v) is 6.62. The summed E-state index contributed by atoms with van der Waals surface area (Å²) in [5.74, 6) is -0.514. The molecule has 6 heteroatoms. The van der Waals surface area contributed by atoms with Gasteiger partial charge in [-0.25, -0.2) is 4.39 Å². The second-order valence-corrected chi connectivity index (χ2v) is 8.87. The Balaban J connectivity index is 1.40. The van der Waals surface area contributed by atoms with Crippen LogP contribution in [0, 0.1) is 11.7 Å². The Labute approximate surface area is 198 Å². The van der Waals surface area contributed by atoms with Crippen molar-refractivity contribution in [2.75, 3.05) is 13.1 Å². The van der Waals surface area contributed by atoms with Crippen molar-refractivity contribution in [1.29, 1.82) is 0 Å². The summed E-state index contributed by atoms with van der Waals surface area (Å²) >= 11 is 0. The third kappa shape index (κ3) is 4.49. The zero-order valence-corrected chi connectivity index (χ0v) is 18.9. The smallest absolute Gasteiger partial charge is 0.278 e. The molecule has 5 nitrogen and oxygen atoms in total. The highest BCUT2D eigenvalue weighted by atomic mass is 19.1. The Morgan fingerprint density at radius 3 is 2.24 bits per heavy atom. The molecule has 0 aliphatic carbocycles. The van der Waals surface area contributed by atoms with Crippen LogP contribution in [-0.2, 0) is 22.6 Å². The molecule has 2 amide bonds. The Kier molecular flexibility index (Phi) is 6.21. The standard InChI is InChI=1S/C28H26FN3O2/c29-23-11-9-22(10-12-23)25-26(28(34)32(27(25)33)19-24-8-4-5-15-30-24)31-16-13-21(14-17-31)18-20-6-2-1-3-7-20/h1-12,15,21H,13-14,16-19H2.